The van der Waals surface area contributed by atoms with Crippen LogP contribution in [0, 0.1) is 0 Å². The van der Waals surface area contributed by atoms with E-state index in [1.807, 2.05) is 0 Å². The molecule has 0 aromatic heterocycles. The molecular weight excluding hydrogens is 897 g/mol. The Labute approximate surface area is 432 Å². The molecule has 0 unspecified atom stereocenters. The highest BCUT2D eigenvalue weighted by Crippen LogP contribution is 2.49. The van der Waals surface area contributed by atoms with Crippen LogP contribution in [0.5, 0.6) is 0 Å². The Balaban J connectivity index is 0.832. The number of nitrogens with zero attached hydrogens (tertiary/aromatic N) is 4. The molecule has 74 heavy (non-hydrogen) atoms. The largest absolute Gasteiger partial charge is 0.310 e. The maximum Gasteiger partial charge on any atom is 0.0540 e. The molecule has 0 saturated heterocycles. The third-order valence-corrected chi connectivity index (χ3v) is 15.0. The van der Waals surface area contributed by atoms with Gasteiger partial charge in [-0.3, -0.25) is 0 Å². The molecule has 14 rings (SSSR count). The van der Waals surface area contributed by atoms with Crippen molar-refractivity contribution in [3.63, 3.8) is 0 Å². The molecule has 0 bridgehead atoms. The molecule has 350 valence electrons. The van der Waals surface area contributed by atoms with E-state index in [1.165, 1.54) is 66.5 Å². The van der Waals surface area contributed by atoms with E-state index in [2.05, 4.69) is 299 Å². The van der Waals surface area contributed by atoms with Crippen LogP contribution in [-0.4, -0.2) is 0 Å². The normalized spacial score (nSPS) is 12.4. The van der Waals surface area contributed by atoms with Crippen LogP contribution in [0.25, 0.3) is 32.7 Å². The predicted molar refractivity (Wildman–Crippen MR) is 311 cm³/mol. The zero-order valence-electron chi connectivity index (χ0n) is 40.8. The highest BCUT2D eigenvalue weighted by atomic mass is 15.2. The summed E-state index contributed by atoms with van der Waals surface area (Å²) in [4.78, 5) is 9.66. The average Bonchev–Trinajstić information content (AvgIpc) is 3.48. The van der Waals surface area contributed by atoms with Crippen LogP contribution in [0.15, 0.2) is 279 Å². The van der Waals surface area contributed by atoms with E-state index in [1.54, 1.807) is 0 Å². The van der Waals surface area contributed by atoms with Gasteiger partial charge in [0, 0.05) is 80.8 Å². The van der Waals surface area contributed by atoms with Crippen molar-refractivity contribution in [3.8, 4) is 11.1 Å². The van der Waals surface area contributed by atoms with Gasteiger partial charge in [-0.05, 0) is 165 Å². The van der Waals surface area contributed by atoms with Crippen molar-refractivity contribution >= 4 is 89.8 Å². The predicted octanol–water partition coefficient (Wildman–Crippen LogP) is 19.3. The zero-order valence-corrected chi connectivity index (χ0v) is 40.8. The van der Waals surface area contributed by atoms with Crippen molar-refractivity contribution in [1.29, 1.82) is 0 Å². The minimum absolute atomic E-state index is 0.854. The summed E-state index contributed by atoms with van der Waals surface area (Å²) < 4.78 is 0. The summed E-state index contributed by atoms with van der Waals surface area (Å²) in [6.07, 6.45) is 1.71. The highest BCUT2D eigenvalue weighted by molar-refractivity contribution is 6.00. The van der Waals surface area contributed by atoms with E-state index in [9.17, 15) is 0 Å². The van der Waals surface area contributed by atoms with Gasteiger partial charge in [0.2, 0.25) is 0 Å². The lowest BCUT2D eigenvalue weighted by Crippen LogP contribution is -2.19. The Kier molecular flexibility index (Phi) is 10.6. The SMILES string of the molecule is c1ccc(N2c3ccccc3Cc3cc(N(c4ccc(-c5ccc(N(c6ccc7c(c6)Cc6ccccc6N7c6ccccc6)c6cccc7ccccc67)cc5)cc4)c4ccc5ccccc5c4)ccc32)cc1. The maximum atomic E-state index is 2.43. The molecule has 0 amide bonds. The Bertz CT molecular complexity index is 4030. The number of para-hydroxylation sites is 4. The highest BCUT2D eigenvalue weighted by Gasteiger charge is 2.28. The smallest absolute Gasteiger partial charge is 0.0540 e. The number of hydrogen-bond donors (Lipinski definition) is 0. The summed E-state index contributed by atoms with van der Waals surface area (Å²) in [5.74, 6) is 0. The van der Waals surface area contributed by atoms with E-state index in [0.29, 0.717) is 0 Å². The number of hydrogen-bond acceptors (Lipinski definition) is 4. The molecule has 4 nitrogen and oxygen atoms in total. The van der Waals surface area contributed by atoms with Gasteiger partial charge >= 0.3 is 0 Å². The minimum Gasteiger partial charge on any atom is -0.310 e. The van der Waals surface area contributed by atoms with E-state index in [4.69, 9.17) is 0 Å². The van der Waals surface area contributed by atoms with Crippen molar-refractivity contribution in [2.24, 2.45) is 0 Å². The molecule has 0 N–H and O–H groups in total. The fourth-order valence-corrected chi connectivity index (χ4v) is 11.5. The molecule has 2 aliphatic rings. The molecule has 2 heterocycles. The molecule has 12 aromatic carbocycles. The number of benzene rings is 12. The van der Waals surface area contributed by atoms with Crippen LogP contribution in [0.1, 0.15) is 22.3 Å². The van der Waals surface area contributed by atoms with Gasteiger partial charge in [0.15, 0.2) is 0 Å². The molecule has 2 aliphatic heterocycles. The van der Waals surface area contributed by atoms with E-state index < -0.39 is 0 Å². The van der Waals surface area contributed by atoms with Gasteiger partial charge < -0.3 is 19.6 Å². The minimum atomic E-state index is 0.854. The first kappa shape index (κ1) is 43.2. The van der Waals surface area contributed by atoms with Crippen molar-refractivity contribution in [2.75, 3.05) is 19.6 Å². The second-order valence-electron chi connectivity index (χ2n) is 19.4. The lowest BCUT2D eigenvalue weighted by Gasteiger charge is -2.35. The van der Waals surface area contributed by atoms with Gasteiger partial charge in [0.05, 0.1) is 5.69 Å². The molecule has 0 aliphatic carbocycles. The standard InChI is InChI=1S/C70H50N4/c1-3-22-58(23-4-1)73-66-27-13-10-19-54(66)44-56-47-63(40-42-68(56)73)71(62-39-34-49-16-7-8-18-53(49)46-62)60-35-30-50(31-36-60)51-32-37-61(38-33-51)72(70-29-15-21-52-17-9-12-26-65(52)70)64-41-43-69-57(48-64)45-55-20-11-14-28-67(55)74(69)59-24-5-2-6-25-59/h1-43,46-48H,44-45H2. The number of rotatable bonds is 9. The lowest BCUT2D eigenvalue weighted by molar-refractivity contribution is 1.08. The third-order valence-electron chi connectivity index (χ3n) is 15.0. The van der Waals surface area contributed by atoms with Crippen molar-refractivity contribution < 1.29 is 0 Å². The number of anilines is 12. The summed E-state index contributed by atoms with van der Waals surface area (Å²) in [6, 6.07) is 102. The van der Waals surface area contributed by atoms with Gasteiger partial charge in [-0.25, -0.2) is 0 Å². The van der Waals surface area contributed by atoms with Crippen LogP contribution >= 0.6 is 0 Å². The summed E-state index contributed by atoms with van der Waals surface area (Å²) in [5, 5.41) is 4.85. The monoisotopic (exact) mass is 946 g/mol. The Hall–Kier alpha value is -9.64. The first-order valence-corrected chi connectivity index (χ1v) is 25.6. The van der Waals surface area contributed by atoms with Crippen LogP contribution in [-0.2, 0) is 12.8 Å². The van der Waals surface area contributed by atoms with Crippen LogP contribution in [0.2, 0.25) is 0 Å². The van der Waals surface area contributed by atoms with Crippen LogP contribution < -0.4 is 19.6 Å². The zero-order chi connectivity index (χ0) is 49.0. The Morgan fingerprint density at radius 2 is 0.676 bits per heavy atom. The molecule has 0 saturated carbocycles. The molecule has 0 fully saturated rings. The first-order valence-electron chi connectivity index (χ1n) is 25.6. The summed E-state index contributed by atoms with van der Waals surface area (Å²) >= 11 is 0. The Morgan fingerprint density at radius 3 is 1.27 bits per heavy atom. The summed E-state index contributed by atoms with van der Waals surface area (Å²) in [6.45, 7) is 0. The summed E-state index contributed by atoms with van der Waals surface area (Å²) in [5.41, 5.74) is 21.4. The molecule has 4 heteroatoms. The van der Waals surface area contributed by atoms with Crippen molar-refractivity contribution in [3.05, 3.63) is 301 Å². The summed E-state index contributed by atoms with van der Waals surface area (Å²) in [7, 11) is 0. The van der Waals surface area contributed by atoms with E-state index in [0.717, 1.165) is 69.5 Å². The molecule has 0 radical (unpaired) electrons. The molecular formula is C70H50N4. The van der Waals surface area contributed by atoms with Crippen molar-refractivity contribution in [2.45, 2.75) is 12.8 Å². The number of fused-ring (bicyclic) bond motifs is 6. The van der Waals surface area contributed by atoms with Crippen LogP contribution in [0.3, 0.4) is 0 Å². The van der Waals surface area contributed by atoms with Gasteiger partial charge in [-0.2, -0.15) is 0 Å². The van der Waals surface area contributed by atoms with Crippen LogP contribution in [0.4, 0.5) is 68.2 Å². The van der Waals surface area contributed by atoms with Gasteiger partial charge in [0.25, 0.3) is 0 Å². The second-order valence-corrected chi connectivity index (χ2v) is 19.4. The van der Waals surface area contributed by atoms with E-state index in [-0.39, 0.29) is 0 Å². The third kappa shape index (κ3) is 7.64. The second kappa shape index (κ2) is 18.2. The quantitative estimate of drug-likeness (QED) is 0.143. The van der Waals surface area contributed by atoms with Crippen molar-refractivity contribution in [1.82, 2.24) is 0 Å². The molecule has 0 atom stereocenters. The Morgan fingerprint density at radius 1 is 0.257 bits per heavy atom. The fraction of sp³-hybridized carbons (Fsp3) is 0.0286. The van der Waals surface area contributed by atoms with Gasteiger partial charge in [0.1, 0.15) is 0 Å². The van der Waals surface area contributed by atoms with E-state index >= 15 is 0 Å². The average molecular weight is 947 g/mol. The van der Waals surface area contributed by atoms with Gasteiger partial charge in [-0.1, -0.05) is 164 Å². The maximum absolute atomic E-state index is 2.43. The van der Waals surface area contributed by atoms with Gasteiger partial charge in [-0.15, -0.1) is 0 Å². The fourth-order valence-electron chi connectivity index (χ4n) is 11.5. The lowest BCUT2D eigenvalue weighted by atomic mass is 9.94. The topological polar surface area (TPSA) is 13.0 Å². The molecule has 12 aromatic rings. The molecule has 0 spiro atoms. The first-order chi connectivity index (χ1) is 36.7.